The van der Waals surface area contributed by atoms with Gasteiger partial charge in [0.05, 0.1) is 0 Å². The summed E-state index contributed by atoms with van der Waals surface area (Å²) in [6, 6.07) is 0. The molecular weight excluding hydrogens is 164 g/mol. The summed E-state index contributed by atoms with van der Waals surface area (Å²) in [7, 11) is 0. The van der Waals surface area contributed by atoms with Crippen molar-refractivity contribution >= 4 is 5.91 Å². The molecule has 0 saturated carbocycles. The molecule has 1 amide bonds. The van der Waals surface area contributed by atoms with Crippen molar-refractivity contribution in [3.63, 3.8) is 0 Å². The third-order valence-corrected chi connectivity index (χ3v) is 2.41. The van der Waals surface area contributed by atoms with E-state index in [1.807, 2.05) is 18.9 Å². The fourth-order valence-corrected chi connectivity index (χ4v) is 1.33. The van der Waals surface area contributed by atoms with Gasteiger partial charge < -0.3 is 0 Å². The van der Waals surface area contributed by atoms with Crippen molar-refractivity contribution in [3.8, 4) is 0 Å². The molecule has 1 rings (SSSR count). The van der Waals surface area contributed by atoms with Gasteiger partial charge in [-0.15, -0.1) is 0 Å². The van der Waals surface area contributed by atoms with E-state index in [2.05, 4.69) is 12.3 Å². The highest BCUT2D eigenvalue weighted by Gasteiger charge is 2.18. The van der Waals surface area contributed by atoms with Crippen LogP contribution in [0.4, 0.5) is 0 Å². The molecular formula is C10H19N2O. The lowest BCUT2D eigenvalue weighted by Gasteiger charge is -2.30. The molecule has 3 heteroatoms. The molecule has 1 aliphatic rings. The van der Waals surface area contributed by atoms with Gasteiger partial charge in [0.1, 0.15) is 0 Å². The summed E-state index contributed by atoms with van der Waals surface area (Å²) >= 11 is 0. The van der Waals surface area contributed by atoms with Crippen LogP contribution in [0.2, 0.25) is 0 Å². The number of nitrogens with one attached hydrogen (secondary N) is 1. The van der Waals surface area contributed by atoms with Crippen molar-refractivity contribution in [2.75, 3.05) is 13.1 Å². The molecule has 1 fully saturated rings. The fourth-order valence-electron chi connectivity index (χ4n) is 1.33. The lowest BCUT2D eigenvalue weighted by atomic mass is 10.0. The van der Waals surface area contributed by atoms with E-state index in [-0.39, 0.29) is 11.8 Å². The van der Waals surface area contributed by atoms with E-state index in [0.29, 0.717) is 5.92 Å². The van der Waals surface area contributed by atoms with E-state index < -0.39 is 0 Å². The largest absolute Gasteiger partial charge is 0.289 e. The Morgan fingerprint density at radius 2 is 2.00 bits per heavy atom. The van der Waals surface area contributed by atoms with Gasteiger partial charge in [0.15, 0.2) is 0 Å². The zero-order chi connectivity index (χ0) is 9.84. The smallest absolute Gasteiger partial charge is 0.236 e. The molecule has 75 valence electrons. The van der Waals surface area contributed by atoms with Crippen molar-refractivity contribution < 1.29 is 4.79 Å². The Bertz CT molecular complexity index is 172. The molecule has 1 aliphatic heterocycles. The van der Waals surface area contributed by atoms with Gasteiger partial charge >= 0.3 is 0 Å². The van der Waals surface area contributed by atoms with Crippen LogP contribution < -0.4 is 5.43 Å². The second kappa shape index (κ2) is 4.61. The normalized spacial score (nSPS) is 20.6. The maximum atomic E-state index is 11.3. The molecule has 1 saturated heterocycles. The summed E-state index contributed by atoms with van der Waals surface area (Å²) in [4.78, 5) is 11.3. The number of hydrazine groups is 1. The van der Waals surface area contributed by atoms with Gasteiger partial charge in [-0.3, -0.25) is 10.2 Å². The van der Waals surface area contributed by atoms with E-state index >= 15 is 0 Å². The van der Waals surface area contributed by atoms with E-state index in [1.54, 1.807) is 0 Å². The van der Waals surface area contributed by atoms with E-state index in [4.69, 9.17) is 0 Å². The highest BCUT2D eigenvalue weighted by molar-refractivity contribution is 5.77. The van der Waals surface area contributed by atoms with Crippen LogP contribution in [-0.2, 0) is 4.79 Å². The van der Waals surface area contributed by atoms with E-state index in [9.17, 15) is 4.79 Å². The quantitative estimate of drug-likeness (QED) is 0.698. The van der Waals surface area contributed by atoms with Crippen molar-refractivity contribution in [3.05, 3.63) is 6.92 Å². The van der Waals surface area contributed by atoms with Crippen LogP contribution in [0, 0.1) is 18.8 Å². The van der Waals surface area contributed by atoms with Gasteiger partial charge in [-0.1, -0.05) is 20.8 Å². The van der Waals surface area contributed by atoms with Crippen LogP contribution in [0.3, 0.4) is 0 Å². The first kappa shape index (κ1) is 10.5. The standard InChI is InChI=1S/C10H19N2O/c1-8(2)10(13)11-12-6-4-9(3)5-7-12/h8-9H,3-7H2,1-2H3,(H,11,13). The molecule has 1 radical (unpaired) electrons. The molecule has 0 unspecified atom stereocenters. The molecule has 0 aromatic heterocycles. The number of piperidine rings is 1. The zero-order valence-corrected chi connectivity index (χ0v) is 8.55. The summed E-state index contributed by atoms with van der Waals surface area (Å²) < 4.78 is 0. The molecule has 3 nitrogen and oxygen atoms in total. The minimum atomic E-state index is 0.0671. The minimum Gasteiger partial charge on any atom is -0.289 e. The highest BCUT2D eigenvalue weighted by Crippen LogP contribution is 2.13. The third kappa shape index (κ3) is 3.35. The number of carbonyl (C=O) groups excluding carboxylic acids is 1. The zero-order valence-electron chi connectivity index (χ0n) is 8.55. The highest BCUT2D eigenvalue weighted by atomic mass is 16.2. The monoisotopic (exact) mass is 183 g/mol. The third-order valence-electron chi connectivity index (χ3n) is 2.41. The van der Waals surface area contributed by atoms with E-state index in [1.165, 1.54) is 0 Å². The lowest BCUT2D eigenvalue weighted by Crippen LogP contribution is -2.47. The lowest BCUT2D eigenvalue weighted by molar-refractivity contribution is -0.129. The number of rotatable bonds is 2. The molecule has 0 bridgehead atoms. The topological polar surface area (TPSA) is 32.3 Å². The Morgan fingerprint density at radius 3 is 2.46 bits per heavy atom. The van der Waals surface area contributed by atoms with Gasteiger partial charge in [0, 0.05) is 19.0 Å². The van der Waals surface area contributed by atoms with E-state index in [0.717, 1.165) is 25.9 Å². The van der Waals surface area contributed by atoms with Crippen molar-refractivity contribution in [1.82, 2.24) is 10.4 Å². The van der Waals surface area contributed by atoms with Crippen LogP contribution in [0.1, 0.15) is 26.7 Å². The van der Waals surface area contributed by atoms with Crippen LogP contribution in [-0.4, -0.2) is 24.0 Å². The summed E-state index contributed by atoms with van der Waals surface area (Å²) in [5, 5.41) is 2.00. The molecule has 13 heavy (non-hydrogen) atoms. The summed E-state index contributed by atoms with van der Waals surface area (Å²) in [5.74, 6) is 0.743. The van der Waals surface area contributed by atoms with Crippen LogP contribution >= 0.6 is 0 Å². The average molecular weight is 183 g/mol. The molecule has 1 heterocycles. The number of carbonyl (C=O) groups is 1. The number of amides is 1. The second-order valence-electron chi connectivity index (χ2n) is 4.06. The first-order valence-electron chi connectivity index (χ1n) is 4.98. The van der Waals surface area contributed by atoms with Crippen LogP contribution in [0.25, 0.3) is 0 Å². The second-order valence-corrected chi connectivity index (χ2v) is 4.06. The first-order chi connectivity index (χ1) is 6.09. The fraction of sp³-hybridized carbons (Fsp3) is 0.800. The van der Waals surface area contributed by atoms with Crippen molar-refractivity contribution in [2.45, 2.75) is 26.7 Å². The van der Waals surface area contributed by atoms with Gasteiger partial charge in [-0.25, -0.2) is 5.01 Å². The number of hydrogen-bond acceptors (Lipinski definition) is 2. The number of nitrogens with zero attached hydrogens (tertiary/aromatic N) is 1. The molecule has 0 aromatic rings. The van der Waals surface area contributed by atoms with Gasteiger partial charge in [-0.2, -0.15) is 0 Å². The predicted molar refractivity (Wildman–Crippen MR) is 52.6 cm³/mol. The summed E-state index contributed by atoms with van der Waals surface area (Å²) in [6.45, 7) is 9.69. The van der Waals surface area contributed by atoms with Crippen LogP contribution in [0.5, 0.6) is 0 Å². The Morgan fingerprint density at radius 1 is 1.46 bits per heavy atom. The van der Waals surface area contributed by atoms with Crippen LogP contribution in [0.15, 0.2) is 0 Å². The predicted octanol–water partition coefficient (Wildman–Crippen LogP) is 1.22. The molecule has 0 atom stereocenters. The minimum absolute atomic E-state index is 0.0671. The Hall–Kier alpha value is -0.570. The van der Waals surface area contributed by atoms with Crippen molar-refractivity contribution in [1.29, 1.82) is 0 Å². The van der Waals surface area contributed by atoms with Gasteiger partial charge in [-0.05, 0) is 18.8 Å². The molecule has 1 N–H and O–H groups in total. The maximum Gasteiger partial charge on any atom is 0.236 e. The Balaban J connectivity index is 2.26. The Kier molecular flexibility index (Phi) is 3.72. The van der Waals surface area contributed by atoms with Crippen molar-refractivity contribution in [2.24, 2.45) is 11.8 Å². The molecule has 0 spiro atoms. The summed E-state index contributed by atoms with van der Waals surface area (Å²) in [5.41, 5.74) is 2.91. The summed E-state index contributed by atoms with van der Waals surface area (Å²) in [6.07, 6.45) is 2.16. The van der Waals surface area contributed by atoms with Gasteiger partial charge in [0.25, 0.3) is 0 Å². The van der Waals surface area contributed by atoms with Gasteiger partial charge in [0.2, 0.25) is 5.91 Å². The maximum absolute atomic E-state index is 11.3. The Labute approximate surface area is 80.5 Å². The first-order valence-corrected chi connectivity index (χ1v) is 4.98. The average Bonchev–Trinajstić information content (AvgIpc) is 2.08. The number of hydrogen-bond donors (Lipinski definition) is 1. The SMILES string of the molecule is [CH2]C1CCN(NC(=O)C(C)C)CC1. The molecule has 0 aromatic carbocycles. The molecule has 0 aliphatic carbocycles.